The predicted octanol–water partition coefficient (Wildman–Crippen LogP) is 2.33. The smallest absolute Gasteiger partial charge is 0.171 e. The van der Waals surface area contributed by atoms with E-state index >= 15 is 0 Å². The molecule has 0 N–H and O–H groups in total. The van der Waals surface area contributed by atoms with Gasteiger partial charge in [0, 0.05) is 12.8 Å². The molecule has 0 aromatic heterocycles. The zero-order chi connectivity index (χ0) is 11.5. The highest BCUT2D eigenvalue weighted by Crippen LogP contribution is 2.54. The summed E-state index contributed by atoms with van der Waals surface area (Å²) in [6.07, 6.45) is 7.54. The van der Waals surface area contributed by atoms with Gasteiger partial charge in [0.2, 0.25) is 0 Å². The fourth-order valence-corrected chi connectivity index (χ4v) is 3.84. The summed E-state index contributed by atoms with van der Waals surface area (Å²) in [5, 5.41) is 0. The maximum Gasteiger partial charge on any atom is 0.171 e. The first-order valence-corrected chi connectivity index (χ1v) is 6.57. The molecule has 17 heavy (non-hydrogen) atoms. The summed E-state index contributed by atoms with van der Waals surface area (Å²) in [6, 6.07) is 0. The summed E-state index contributed by atoms with van der Waals surface area (Å²) in [6.45, 7) is 5.56. The number of fused-ring (bicyclic) bond motifs is 1. The van der Waals surface area contributed by atoms with Crippen LogP contribution in [0.5, 0.6) is 0 Å². The Morgan fingerprint density at radius 3 is 2.88 bits per heavy atom. The number of ether oxygens (including phenoxy) is 3. The van der Waals surface area contributed by atoms with E-state index in [0.717, 1.165) is 50.9 Å². The second-order valence-electron chi connectivity index (χ2n) is 5.67. The van der Waals surface area contributed by atoms with Gasteiger partial charge >= 0.3 is 0 Å². The Hall–Kier alpha value is -0.640. The molecule has 2 atom stereocenters. The third kappa shape index (κ3) is 1.33. The third-order valence-electron chi connectivity index (χ3n) is 4.68. The van der Waals surface area contributed by atoms with E-state index < -0.39 is 0 Å². The summed E-state index contributed by atoms with van der Waals surface area (Å²) < 4.78 is 18.0. The molecule has 3 fully saturated rings. The van der Waals surface area contributed by atoms with E-state index in [1.807, 2.05) is 0 Å². The van der Waals surface area contributed by atoms with Crippen molar-refractivity contribution < 1.29 is 14.2 Å². The molecule has 0 aromatic carbocycles. The molecule has 3 heteroatoms. The number of rotatable bonds is 0. The van der Waals surface area contributed by atoms with E-state index in [1.54, 1.807) is 0 Å². The van der Waals surface area contributed by atoms with Crippen molar-refractivity contribution in [3.05, 3.63) is 23.8 Å². The standard InChI is InChI=1S/C14H18O3/c1-10-8-11-2-5-14(15-6-7-16-14)9-13(11)4-3-12(10)17-13/h8,12H,1-7,9H2. The largest absolute Gasteiger partial charge is 0.363 e. The molecule has 0 amide bonds. The van der Waals surface area contributed by atoms with Crippen LogP contribution >= 0.6 is 0 Å². The molecular weight excluding hydrogens is 216 g/mol. The SMILES string of the molecule is C=C1C=C2CCC3(CC24CCC1O4)OCCO3. The molecule has 4 aliphatic rings. The van der Waals surface area contributed by atoms with Crippen LogP contribution in [0.2, 0.25) is 0 Å². The van der Waals surface area contributed by atoms with Gasteiger partial charge in [-0.05, 0) is 30.4 Å². The average Bonchev–Trinajstić information content (AvgIpc) is 2.89. The first kappa shape index (κ1) is 10.3. The van der Waals surface area contributed by atoms with Gasteiger partial charge in [-0.1, -0.05) is 12.7 Å². The highest BCUT2D eigenvalue weighted by atomic mass is 16.7. The van der Waals surface area contributed by atoms with Crippen molar-refractivity contribution >= 4 is 0 Å². The molecule has 0 aromatic rings. The van der Waals surface area contributed by atoms with Gasteiger partial charge in [0.1, 0.15) is 0 Å². The van der Waals surface area contributed by atoms with Crippen molar-refractivity contribution in [3.8, 4) is 0 Å². The molecule has 1 saturated carbocycles. The van der Waals surface area contributed by atoms with Crippen molar-refractivity contribution in [1.29, 1.82) is 0 Å². The summed E-state index contributed by atoms with van der Waals surface area (Å²) in [4.78, 5) is 0. The normalized spacial score (nSPS) is 42.7. The van der Waals surface area contributed by atoms with Crippen molar-refractivity contribution in [2.24, 2.45) is 0 Å². The van der Waals surface area contributed by atoms with E-state index in [4.69, 9.17) is 14.2 Å². The van der Waals surface area contributed by atoms with E-state index in [1.165, 1.54) is 5.57 Å². The average molecular weight is 234 g/mol. The Kier molecular flexibility index (Phi) is 1.95. The number of hydrogen-bond acceptors (Lipinski definition) is 3. The van der Waals surface area contributed by atoms with Gasteiger partial charge in [0.15, 0.2) is 5.79 Å². The first-order valence-electron chi connectivity index (χ1n) is 6.57. The van der Waals surface area contributed by atoms with E-state index in [-0.39, 0.29) is 17.5 Å². The Morgan fingerprint density at radius 1 is 1.24 bits per heavy atom. The lowest BCUT2D eigenvalue weighted by Crippen LogP contribution is -2.49. The molecule has 3 nitrogen and oxygen atoms in total. The second-order valence-corrected chi connectivity index (χ2v) is 5.67. The van der Waals surface area contributed by atoms with Crippen molar-refractivity contribution in [3.63, 3.8) is 0 Å². The minimum absolute atomic E-state index is 0.103. The van der Waals surface area contributed by atoms with Crippen molar-refractivity contribution in [2.75, 3.05) is 13.2 Å². The minimum Gasteiger partial charge on any atom is -0.363 e. The van der Waals surface area contributed by atoms with Gasteiger partial charge in [-0.15, -0.1) is 0 Å². The quantitative estimate of drug-likeness (QED) is 0.644. The Bertz CT molecular complexity index is 406. The van der Waals surface area contributed by atoms with Crippen molar-refractivity contribution in [1.82, 2.24) is 0 Å². The van der Waals surface area contributed by atoms with Crippen LogP contribution in [-0.4, -0.2) is 30.7 Å². The molecule has 4 rings (SSSR count). The van der Waals surface area contributed by atoms with Gasteiger partial charge in [-0.2, -0.15) is 0 Å². The molecule has 2 saturated heterocycles. The topological polar surface area (TPSA) is 27.7 Å². The number of hydrogen-bond donors (Lipinski definition) is 0. The Balaban J connectivity index is 1.71. The summed E-state index contributed by atoms with van der Waals surface area (Å²) in [7, 11) is 0. The zero-order valence-corrected chi connectivity index (χ0v) is 10.0. The maximum absolute atomic E-state index is 6.26. The summed E-state index contributed by atoms with van der Waals surface area (Å²) in [5.41, 5.74) is 2.47. The first-order chi connectivity index (χ1) is 8.22. The lowest BCUT2D eigenvalue weighted by Gasteiger charge is -2.46. The second kappa shape index (κ2) is 3.22. The van der Waals surface area contributed by atoms with Crippen LogP contribution < -0.4 is 0 Å². The fraction of sp³-hybridized carbons (Fsp3) is 0.714. The molecule has 1 aliphatic carbocycles. The van der Waals surface area contributed by atoms with E-state index in [9.17, 15) is 0 Å². The van der Waals surface area contributed by atoms with Crippen LogP contribution in [0.1, 0.15) is 32.1 Å². The third-order valence-corrected chi connectivity index (χ3v) is 4.68. The minimum atomic E-state index is -0.356. The highest BCUT2D eigenvalue weighted by molar-refractivity contribution is 5.38. The van der Waals surface area contributed by atoms with Crippen LogP contribution in [0.25, 0.3) is 0 Å². The molecule has 2 unspecified atom stereocenters. The van der Waals surface area contributed by atoms with Gasteiger partial charge < -0.3 is 14.2 Å². The van der Waals surface area contributed by atoms with Gasteiger partial charge in [0.25, 0.3) is 0 Å². The molecular formula is C14H18O3. The lowest BCUT2D eigenvalue weighted by molar-refractivity contribution is -0.210. The van der Waals surface area contributed by atoms with Gasteiger partial charge in [-0.25, -0.2) is 0 Å². The Labute approximate surface area is 101 Å². The molecule has 92 valence electrons. The van der Waals surface area contributed by atoms with Crippen LogP contribution in [0.4, 0.5) is 0 Å². The van der Waals surface area contributed by atoms with Crippen LogP contribution in [0, 0.1) is 0 Å². The van der Waals surface area contributed by atoms with Gasteiger partial charge in [0.05, 0.1) is 24.9 Å². The van der Waals surface area contributed by atoms with Crippen molar-refractivity contribution in [2.45, 2.75) is 49.6 Å². The highest BCUT2D eigenvalue weighted by Gasteiger charge is 2.56. The van der Waals surface area contributed by atoms with Crippen LogP contribution in [0.15, 0.2) is 23.8 Å². The molecule has 3 aliphatic heterocycles. The summed E-state index contributed by atoms with van der Waals surface area (Å²) in [5.74, 6) is -0.356. The zero-order valence-electron chi connectivity index (χ0n) is 10.0. The van der Waals surface area contributed by atoms with Gasteiger partial charge in [-0.3, -0.25) is 0 Å². The van der Waals surface area contributed by atoms with Crippen LogP contribution in [-0.2, 0) is 14.2 Å². The summed E-state index contributed by atoms with van der Waals surface area (Å²) >= 11 is 0. The maximum atomic E-state index is 6.26. The lowest BCUT2D eigenvalue weighted by atomic mass is 9.75. The van der Waals surface area contributed by atoms with Crippen LogP contribution in [0.3, 0.4) is 0 Å². The monoisotopic (exact) mass is 234 g/mol. The Morgan fingerprint density at radius 2 is 2.06 bits per heavy atom. The van der Waals surface area contributed by atoms with E-state index in [2.05, 4.69) is 12.7 Å². The molecule has 2 bridgehead atoms. The predicted molar refractivity (Wildman–Crippen MR) is 62.5 cm³/mol. The molecule has 3 heterocycles. The molecule has 0 radical (unpaired) electrons. The fourth-order valence-electron chi connectivity index (χ4n) is 3.84. The molecule has 2 spiro atoms. The van der Waals surface area contributed by atoms with E-state index in [0.29, 0.717) is 0 Å².